The zero-order chi connectivity index (χ0) is 32.4. The number of ether oxygens (including phenoxy) is 1. The van der Waals surface area contributed by atoms with Crippen molar-refractivity contribution in [3.63, 3.8) is 0 Å². The molecule has 0 radical (unpaired) electrons. The van der Waals surface area contributed by atoms with Crippen molar-refractivity contribution in [2.75, 3.05) is 6.54 Å². The summed E-state index contributed by atoms with van der Waals surface area (Å²) in [7, 11) is 0. The maximum atomic E-state index is 13.9. The van der Waals surface area contributed by atoms with E-state index in [0.717, 1.165) is 16.0 Å². The van der Waals surface area contributed by atoms with Crippen molar-refractivity contribution in [1.82, 2.24) is 20.4 Å². The van der Waals surface area contributed by atoms with Gasteiger partial charge in [0, 0.05) is 31.8 Å². The zero-order valence-electron chi connectivity index (χ0n) is 24.7. The quantitative estimate of drug-likeness (QED) is 0.421. The van der Waals surface area contributed by atoms with E-state index in [1.807, 2.05) is 30.3 Å². The number of carboxylic acid groups (broad SMARTS) is 1. The molecule has 5 rings (SSSR count). The van der Waals surface area contributed by atoms with Crippen LogP contribution < -0.4 is 10.6 Å². The lowest BCUT2D eigenvalue weighted by Gasteiger charge is -2.29. The Morgan fingerprint density at radius 2 is 1.80 bits per heavy atom. The molecule has 45 heavy (non-hydrogen) atoms. The standard InChI is InChI=1S/C31H37F3N4O7/c32-31(33,34)13-12-25(39)35-23-11-5-3-1-2-4-10-21-15-30(21,28(42)43)36-26(40)24-14-22(18-38(24)27(23)41)45-29(44)37-16-19-8-6-7-9-20(19)17-37/h4,6-10,21-24H,1-3,5,11-18H2,(H,35,39)(H,36,40)(H,42,43)/b10-4-/t21?,22-,23+,24+,30-/m1/s1. The third-order valence-corrected chi connectivity index (χ3v) is 8.96. The fourth-order valence-electron chi connectivity index (χ4n) is 6.35. The fraction of sp³-hybridized carbons (Fsp3) is 0.581. The Hall–Kier alpha value is -4.10. The van der Waals surface area contributed by atoms with Crippen LogP contribution in [0.3, 0.4) is 0 Å². The number of amides is 4. The van der Waals surface area contributed by atoms with Crippen molar-refractivity contribution in [3.8, 4) is 0 Å². The second-order valence-corrected chi connectivity index (χ2v) is 12.3. The van der Waals surface area contributed by atoms with Crippen molar-refractivity contribution >= 4 is 29.8 Å². The predicted molar refractivity (Wildman–Crippen MR) is 152 cm³/mol. The van der Waals surface area contributed by atoms with Gasteiger partial charge < -0.3 is 25.4 Å². The largest absolute Gasteiger partial charge is 0.479 e. The summed E-state index contributed by atoms with van der Waals surface area (Å²) >= 11 is 0. The molecule has 14 heteroatoms. The maximum absolute atomic E-state index is 13.9. The van der Waals surface area contributed by atoms with Gasteiger partial charge in [-0.3, -0.25) is 19.3 Å². The summed E-state index contributed by atoms with van der Waals surface area (Å²) in [6.07, 6.45) is -2.02. The van der Waals surface area contributed by atoms with Crippen LogP contribution in [0.1, 0.15) is 68.9 Å². The number of carboxylic acids is 1. The van der Waals surface area contributed by atoms with Crippen LogP contribution in [0.25, 0.3) is 0 Å². The molecule has 2 fully saturated rings. The minimum Gasteiger partial charge on any atom is -0.479 e. The molecular formula is C31H37F3N4O7. The zero-order valence-corrected chi connectivity index (χ0v) is 24.7. The summed E-state index contributed by atoms with van der Waals surface area (Å²) in [5.41, 5.74) is 0.405. The van der Waals surface area contributed by atoms with Crippen molar-refractivity contribution in [3.05, 3.63) is 47.5 Å². The summed E-state index contributed by atoms with van der Waals surface area (Å²) in [6, 6.07) is 5.09. The number of alkyl halides is 3. The molecule has 4 amide bonds. The van der Waals surface area contributed by atoms with Gasteiger partial charge in [-0.05, 0) is 36.8 Å². The number of aliphatic carboxylic acids is 1. The number of hydrogen-bond donors (Lipinski definition) is 3. The van der Waals surface area contributed by atoms with Gasteiger partial charge in [0.25, 0.3) is 0 Å². The summed E-state index contributed by atoms with van der Waals surface area (Å²) in [5.74, 6) is -4.04. The molecular weight excluding hydrogens is 597 g/mol. The first-order valence-corrected chi connectivity index (χ1v) is 15.3. The maximum Gasteiger partial charge on any atom is 0.410 e. The van der Waals surface area contributed by atoms with Gasteiger partial charge in [0.1, 0.15) is 23.7 Å². The molecule has 0 bridgehead atoms. The van der Waals surface area contributed by atoms with Crippen LogP contribution in [-0.4, -0.2) is 81.1 Å². The lowest BCUT2D eigenvalue weighted by atomic mass is 10.0. The predicted octanol–water partition coefficient (Wildman–Crippen LogP) is 3.42. The number of rotatable bonds is 5. The molecule has 244 valence electrons. The number of benzene rings is 1. The van der Waals surface area contributed by atoms with Crippen molar-refractivity contribution in [2.45, 2.75) is 101 Å². The second kappa shape index (κ2) is 13.1. The van der Waals surface area contributed by atoms with Crippen LogP contribution in [0, 0.1) is 5.92 Å². The SMILES string of the molecule is O=C(CCC(F)(F)F)N[C@H]1CCCCC/C=C\C2C[C@@]2(C(=O)O)NC(=O)[C@@H]2C[C@@H](OC(=O)N3Cc4ccccc4C3)CN2C1=O. The number of nitrogens with zero attached hydrogens (tertiary/aromatic N) is 2. The molecule has 1 aliphatic carbocycles. The van der Waals surface area contributed by atoms with Gasteiger partial charge in [-0.25, -0.2) is 9.59 Å². The lowest BCUT2D eigenvalue weighted by Crippen LogP contribution is -2.56. The Bertz CT molecular complexity index is 1340. The van der Waals surface area contributed by atoms with E-state index in [9.17, 15) is 42.3 Å². The van der Waals surface area contributed by atoms with Crippen LogP contribution in [0.2, 0.25) is 0 Å². The topological polar surface area (TPSA) is 145 Å². The third kappa shape index (κ3) is 7.59. The molecule has 0 spiro atoms. The van der Waals surface area contributed by atoms with Crippen molar-refractivity contribution < 1.29 is 47.0 Å². The second-order valence-electron chi connectivity index (χ2n) is 12.3. The van der Waals surface area contributed by atoms with E-state index in [-0.39, 0.29) is 25.8 Å². The Labute approximate surface area is 258 Å². The Morgan fingerprint density at radius 3 is 2.47 bits per heavy atom. The minimum atomic E-state index is -4.55. The molecule has 1 aromatic carbocycles. The van der Waals surface area contributed by atoms with E-state index in [1.165, 1.54) is 4.90 Å². The molecule has 1 unspecified atom stereocenters. The van der Waals surface area contributed by atoms with E-state index in [4.69, 9.17) is 4.74 Å². The van der Waals surface area contributed by atoms with Crippen LogP contribution in [0.5, 0.6) is 0 Å². The van der Waals surface area contributed by atoms with Crippen LogP contribution >= 0.6 is 0 Å². The summed E-state index contributed by atoms with van der Waals surface area (Å²) < 4.78 is 44.0. The third-order valence-electron chi connectivity index (χ3n) is 8.96. The molecule has 5 atom stereocenters. The number of allylic oxidation sites excluding steroid dienone is 1. The van der Waals surface area contributed by atoms with Gasteiger partial charge in [-0.1, -0.05) is 49.3 Å². The van der Waals surface area contributed by atoms with Crippen molar-refractivity contribution in [1.29, 1.82) is 0 Å². The highest BCUT2D eigenvalue weighted by Gasteiger charge is 2.61. The van der Waals surface area contributed by atoms with Gasteiger partial charge in [0.2, 0.25) is 17.7 Å². The first-order valence-electron chi connectivity index (χ1n) is 15.3. The highest BCUT2D eigenvalue weighted by Crippen LogP contribution is 2.45. The number of carbonyl (C=O) groups excluding carboxylic acids is 4. The first kappa shape index (κ1) is 32.3. The summed E-state index contributed by atoms with van der Waals surface area (Å²) in [5, 5.41) is 15.0. The summed E-state index contributed by atoms with van der Waals surface area (Å²) in [6.45, 7) is 0.453. The number of carbonyl (C=O) groups is 5. The van der Waals surface area contributed by atoms with E-state index in [2.05, 4.69) is 10.6 Å². The lowest BCUT2D eigenvalue weighted by molar-refractivity contribution is -0.147. The van der Waals surface area contributed by atoms with Gasteiger partial charge in [0.15, 0.2) is 0 Å². The molecule has 0 aromatic heterocycles. The Balaban J connectivity index is 1.35. The van der Waals surface area contributed by atoms with Gasteiger partial charge >= 0.3 is 18.2 Å². The number of halogens is 3. The first-order chi connectivity index (χ1) is 21.4. The summed E-state index contributed by atoms with van der Waals surface area (Å²) in [4.78, 5) is 68.1. The van der Waals surface area contributed by atoms with Crippen LogP contribution in [-0.2, 0) is 37.0 Å². The number of fused-ring (bicyclic) bond motifs is 3. The molecule has 3 N–H and O–H groups in total. The minimum absolute atomic E-state index is 0.116. The van der Waals surface area contributed by atoms with E-state index in [0.29, 0.717) is 38.8 Å². The normalized spacial score (nSPS) is 29.3. The molecule has 3 aliphatic heterocycles. The van der Waals surface area contributed by atoms with Gasteiger partial charge in [-0.2, -0.15) is 13.2 Å². The van der Waals surface area contributed by atoms with E-state index < -0.39 is 78.4 Å². The molecule has 1 saturated heterocycles. The monoisotopic (exact) mass is 634 g/mol. The Morgan fingerprint density at radius 1 is 1.09 bits per heavy atom. The fourth-order valence-corrected chi connectivity index (χ4v) is 6.35. The van der Waals surface area contributed by atoms with Gasteiger partial charge in [0.05, 0.1) is 13.0 Å². The number of hydrogen-bond acceptors (Lipinski definition) is 6. The highest BCUT2D eigenvalue weighted by molar-refractivity contribution is 5.96. The molecule has 1 saturated carbocycles. The van der Waals surface area contributed by atoms with Crippen molar-refractivity contribution in [2.24, 2.45) is 5.92 Å². The van der Waals surface area contributed by atoms with Crippen LogP contribution in [0.4, 0.5) is 18.0 Å². The molecule has 11 nitrogen and oxygen atoms in total. The average molecular weight is 635 g/mol. The van der Waals surface area contributed by atoms with E-state index >= 15 is 0 Å². The smallest absolute Gasteiger partial charge is 0.410 e. The van der Waals surface area contributed by atoms with Crippen LogP contribution in [0.15, 0.2) is 36.4 Å². The van der Waals surface area contributed by atoms with Gasteiger partial charge in [-0.15, -0.1) is 0 Å². The molecule has 3 heterocycles. The average Bonchev–Trinajstić information content (AvgIpc) is 3.30. The van der Waals surface area contributed by atoms with E-state index in [1.54, 1.807) is 6.08 Å². The Kier molecular flexibility index (Phi) is 9.40. The molecule has 1 aromatic rings. The number of nitrogens with one attached hydrogen (secondary N) is 2. The highest BCUT2D eigenvalue weighted by atomic mass is 19.4. The molecule has 4 aliphatic rings.